The summed E-state index contributed by atoms with van der Waals surface area (Å²) in [6.45, 7) is -0.737. The molecule has 0 saturated carbocycles. The maximum Gasteiger partial charge on any atom is 0.312 e. The molecule has 0 amide bonds. The number of rotatable bonds is 6. The van der Waals surface area contributed by atoms with Crippen LogP contribution >= 0.6 is 0 Å². The third-order valence-corrected chi connectivity index (χ3v) is 4.35. The molecule has 0 radical (unpaired) electrons. The van der Waals surface area contributed by atoms with Crippen molar-refractivity contribution in [1.82, 2.24) is 15.0 Å². The number of nitrogens with zero attached hydrogens (tertiary/aromatic N) is 3. The Balaban J connectivity index is 1.68. The topological polar surface area (TPSA) is 57.1 Å². The first-order chi connectivity index (χ1) is 14.1. The molecule has 4 rings (SSSR count). The molecule has 0 unspecified atom stereocenters. The van der Waals surface area contributed by atoms with Gasteiger partial charge in [0.15, 0.2) is 0 Å². The average Bonchev–Trinajstić information content (AvgIpc) is 2.74. The molecule has 146 valence electrons. The fraction of sp³-hybridized carbons (Fsp3) is 0.136. The fourth-order valence-electron chi connectivity index (χ4n) is 3.02. The average molecular weight is 393 g/mol. The summed E-state index contributed by atoms with van der Waals surface area (Å²) in [5, 5.41) is 0.992. The van der Waals surface area contributed by atoms with E-state index in [-0.39, 0.29) is 5.69 Å². The zero-order valence-electron chi connectivity index (χ0n) is 15.5. The summed E-state index contributed by atoms with van der Waals surface area (Å²) in [5.41, 5.74) is 2.04. The molecular formula is C22H17F2N3O2. The van der Waals surface area contributed by atoms with Crippen LogP contribution in [-0.2, 0) is 10.7 Å². The monoisotopic (exact) mass is 393 g/mol. The fourth-order valence-corrected chi connectivity index (χ4v) is 3.02. The quantitative estimate of drug-likeness (QED) is 0.449. The summed E-state index contributed by atoms with van der Waals surface area (Å²) < 4.78 is 38.2. The number of pyridine rings is 3. The van der Waals surface area contributed by atoms with E-state index in [4.69, 9.17) is 4.74 Å². The van der Waals surface area contributed by atoms with Crippen LogP contribution in [0.1, 0.15) is 5.69 Å². The number of halogens is 2. The van der Waals surface area contributed by atoms with E-state index in [1.165, 1.54) is 25.4 Å². The summed E-state index contributed by atoms with van der Waals surface area (Å²) in [6.07, 6.45) is 4.58. The van der Waals surface area contributed by atoms with Crippen molar-refractivity contribution in [2.45, 2.75) is 5.92 Å². The van der Waals surface area contributed by atoms with Crippen LogP contribution in [0.3, 0.4) is 0 Å². The lowest BCUT2D eigenvalue weighted by Gasteiger charge is -2.15. The van der Waals surface area contributed by atoms with Crippen LogP contribution in [-0.4, -0.2) is 28.7 Å². The van der Waals surface area contributed by atoms with Gasteiger partial charge in [-0.05, 0) is 30.3 Å². The van der Waals surface area contributed by atoms with Gasteiger partial charge in [0, 0.05) is 36.0 Å². The van der Waals surface area contributed by atoms with Crippen molar-refractivity contribution >= 4 is 10.9 Å². The molecule has 3 heterocycles. The van der Waals surface area contributed by atoms with Gasteiger partial charge in [0.05, 0.1) is 11.7 Å². The largest absolute Gasteiger partial charge is 0.437 e. The van der Waals surface area contributed by atoms with Gasteiger partial charge in [-0.15, -0.1) is 0 Å². The zero-order chi connectivity index (χ0) is 20.3. The Morgan fingerprint density at radius 2 is 1.62 bits per heavy atom. The molecule has 7 heteroatoms. The van der Waals surface area contributed by atoms with Gasteiger partial charge in [-0.1, -0.05) is 24.3 Å². The van der Waals surface area contributed by atoms with E-state index < -0.39 is 12.5 Å². The highest BCUT2D eigenvalue weighted by Crippen LogP contribution is 2.35. The molecule has 29 heavy (non-hydrogen) atoms. The SMILES string of the molecule is COCC(F)(F)c1ccc(Oc2ncccc2-c2cccc3cccnc23)cn1. The minimum atomic E-state index is -3.17. The molecule has 0 spiro atoms. The van der Waals surface area contributed by atoms with Gasteiger partial charge in [0.1, 0.15) is 18.1 Å². The van der Waals surface area contributed by atoms with E-state index in [1.807, 2.05) is 36.4 Å². The van der Waals surface area contributed by atoms with Crippen molar-refractivity contribution < 1.29 is 18.3 Å². The van der Waals surface area contributed by atoms with E-state index in [2.05, 4.69) is 19.7 Å². The van der Waals surface area contributed by atoms with Crippen LogP contribution in [0.25, 0.3) is 22.0 Å². The molecule has 4 aromatic rings. The Morgan fingerprint density at radius 3 is 2.41 bits per heavy atom. The smallest absolute Gasteiger partial charge is 0.312 e. The van der Waals surface area contributed by atoms with Gasteiger partial charge in [-0.2, -0.15) is 8.78 Å². The number of hydrogen-bond donors (Lipinski definition) is 0. The number of aromatic nitrogens is 3. The number of alkyl halides is 2. The lowest BCUT2D eigenvalue weighted by molar-refractivity contribution is -0.0731. The standard InChI is InChI=1S/C22H17F2N3O2/c1-28-14-22(23,24)19-10-9-16(13-27-19)29-21-18(8-4-12-26-21)17-7-2-5-15-6-3-11-25-20(15)17/h2-13H,14H2,1H3. The summed E-state index contributed by atoms with van der Waals surface area (Å²) in [7, 11) is 1.22. The number of hydrogen-bond acceptors (Lipinski definition) is 5. The second-order valence-electron chi connectivity index (χ2n) is 6.36. The molecule has 0 aliphatic carbocycles. The molecule has 0 fully saturated rings. The Labute approximate surface area is 166 Å². The summed E-state index contributed by atoms with van der Waals surface area (Å²) >= 11 is 0. The molecule has 0 atom stereocenters. The Morgan fingerprint density at radius 1 is 0.862 bits per heavy atom. The van der Waals surface area contributed by atoms with Crippen molar-refractivity contribution in [3.8, 4) is 22.8 Å². The molecule has 1 aromatic carbocycles. The molecular weight excluding hydrogens is 376 g/mol. The van der Waals surface area contributed by atoms with Gasteiger partial charge in [-0.25, -0.2) is 4.98 Å². The third kappa shape index (κ3) is 3.90. The number of benzene rings is 1. The molecule has 0 aliphatic rings. The number of fused-ring (bicyclic) bond motifs is 1. The number of para-hydroxylation sites is 1. The Bertz CT molecular complexity index is 1130. The summed E-state index contributed by atoms with van der Waals surface area (Å²) in [5.74, 6) is -2.53. The normalized spacial score (nSPS) is 11.6. The minimum absolute atomic E-state index is 0.301. The van der Waals surface area contributed by atoms with Crippen molar-refractivity contribution in [2.24, 2.45) is 0 Å². The second kappa shape index (κ2) is 7.89. The van der Waals surface area contributed by atoms with Gasteiger partial charge in [-0.3, -0.25) is 9.97 Å². The summed E-state index contributed by atoms with van der Waals surface area (Å²) in [6, 6.07) is 16.0. The van der Waals surface area contributed by atoms with Crippen LogP contribution in [0.5, 0.6) is 11.6 Å². The van der Waals surface area contributed by atoms with E-state index in [0.717, 1.165) is 22.0 Å². The highest BCUT2D eigenvalue weighted by molar-refractivity contribution is 5.94. The maximum atomic E-state index is 13.9. The van der Waals surface area contributed by atoms with Gasteiger partial charge in [0.2, 0.25) is 5.88 Å². The molecule has 0 saturated heterocycles. The van der Waals surface area contributed by atoms with Crippen molar-refractivity contribution in [3.63, 3.8) is 0 Å². The van der Waals surface area contributed by atoms with Crippen molar-refractivity contribution in [1.29, 1.82) is 0 Å². The number of ether oxygens (including phenoxy) is 2. The Kier molecular flexibility index (Phi) is 5.14. The highest BCUT2D eigenvalue weighted by Gasteiger charge is 2.33. The molecule has 0 N–H and O–H groups in total. The van der Waals surface area contributed by atoms with Gasteiger partial charge >= 0.3 is 5.92 Å². The first-order valence-electron chi connectivity index (χ1n) is 8.89. The minimum Gasteiger partial charge on any atom is -0.437 e. The van der Waals surface area contributed by atoms with Crippen LogP contribution in [0.2, 0.25) is 0 Å². The molecule has 5 nitrogen and oxygen atoms in total. The Hall–Kier alpha value is -3.45. The van der Waals surface area contributed by atoms with E-state index >= 15 is 0 Å². The van der Waals surface area contributed by atoms with Crippen LogP contribution in [0.4, 0.5) is 8.78 Å². The van der Waals surface area contributed by atoms with Gasteiger partial charge < -0.3 is 9.47 Å². The highest BCUT2D eigenvalue weighted by atomic mass is 19.3. The first kappa shape index (κ1) is 18.9. The van der Waals surface area contributed by atoms with E-state index in [1.54, 1.807) is 18.5 Å². The predicted molar refractivity (Wildman–Crippen MR) is 105 cm³/mol. The predicted octanol–water partition coefficient (Wildman–Crippen LogP) is 5.22. The lowest BCUT2D eigenvalue weighted by Crippen LogP contribution is -2.21. The van der Waals surface area contributed by atoms with Crippen molar-refractivity contribution in [2.75, 3.05) is 13.7 Å². The lowest BCUT2D eigenvalue weighted by atomic mass is 10.0. The van der Waals surface area contributed by atoms with Crippen LogP contribution in [0, 0.1) is 0 Å². The van der Waals surface area contributed by atoms with E-state index in [9.17, 15) is 8.78 Å². The molecule has 3 aromatic heterocycles. The van der Waals surface area contributed by atoms with Crippen LogP contribution < -0.4 is 4.74 Å². The van der Waals surface area contributed by atoms with Crippen molar-refractivity contribution in [3.05, 3.63) is 78.9 Å². The second-order valence-corrected chi connectivity index (χ2v) is 6.36. The van der Waals surface area contributed by atoms with Gasteiger partial charge in [0.25, 0.3) is 0 Å². The molecule has 0 bridgehead atoms. The first-order valence-corrected chi connectivity index (χ1v) is 8.89. The number of methoxy groups -OCH3 is 1. The molecule has 0 aliphatic heterocycles. The zero-order valence-corrected chi connectivity index (χ0v) is 15.5. The maximum absolute atomic E-state index is 13.9. The third-order valence-electron chi connectivity index (χ3n) is 4.35. The summed E-state index contributed by atoms with van der Waals surface area (Å²) in [4.78, 5) is 12.6. The van der Waals surface area contributed by atoms with E-state index in [0.29, 0.717) is 11.6 Å². The van der Waals surface area contributed by atoms with Crippen LogP contribution in [0.15, 0.2) is 73.2 Å².